The van der Waals surface area contributed by atoms with Crippen LogP contribution in [0.2, 0.25) is 0 Å². The zero-order valence-electron chi connectivity index (χ0n) is 6.80. The first-order chi connectivity index (χ1) is 5.38. The molecule has 0 heterocycles. The molecule has 0 bridgehead atoms. The summed E-state index contributed by atoms with van der Waals surface area (Å²) in [6, 6.07) is 0. The van der Waals surface area contributed by atoms with Gasteiger partial charge in [0.2, 0.25) is 0 Å². The average Bonchev–Trinajstić information content (AvgIpc) is 2.55. The predicted molar refractivity (Wildman–Crippen MR) is 48.3 cm³/mol. The first-order valence-electron chi connectivity index (χ1n) is 4.10. The Morgan fingerprint density at radius 2 is 2.09 bits per heavy atom. The summed E-state index contributed by atoms with van der Waals surface area (Å²) in [6.45, 7) is 2.22. The number of hydrogen-bond acceptors (Lipinski definition) is 0. The minimum absolute atomic E-state index is 1.12. The van der Waals surface area contributed by atoms with Gasteiger partial charge in [-0.2, -0.15) is 0 Å². The first kappa shape index (κ1) is 6.66. The molecule has 56 valence electrons. The number of allylic oxidation sites excluding steroid dienone is 8. The van der Waals surface area contributed by atoms with Crippen molar-refractivity contribution in [3.8, 4) is 0 Å². The molecule has 0 aliphatic heterocycles. The summed E-state index contributed by atoms with van der Waals surface area (Å²) in [5, 5.41) is 0. The quantitative estimate of drug-likeness (QED) is 0.530. The molecular weight excluding hydrogens is 132 g/mol. The lowest BCUT2D eigenvalue weighted by atomic mass is 10.0. The molecule has 0 unspecified atom stereocenters. The van der Waals surface area contributed by atoms with Gasteiger partial charge in [0.1, 0.15) is 0 Å². The fourth-order valence-corrected chi connectivity index (χ4v) is 1.63. The van der Waals surface area contributed by atoms with Gasteiger partial charge < -0.3 is 0 Å². The van der Waals surface area contributed by atoms with Crippen LogP contribution < -0.4 is 0 Å². The van der Waals surface area contributed by atoms with Crippen LogP contribution in [-0.2, 0) is 0 Å². The molecule has 0 saturated carbocycles. The lowest BCUT2D eigenvalue weighted by Crippen LogP contribution is -1.83. The Hall–Kier alpha value is -1.04. The van der Waals surface area contributed by atoms with Crippen molar-refractivity contribution in [1.29, 1.82) is 0 Å². The standard InChI is InChI=1S/C11H12/c1-9-5-4-8-11(9)10-6-2-3-7-10/h2-4,6,8H,5,7H2,1H3. The third-order valence-electron chi connectivity index (χ3n) is 2.29. The Morgan fingerprint density at radius 1 is 1.18 bits per heavy atom. The zero-order valence-corrected chi connectivity index (χ0v) is 6.80. The van der Waals surface area contributed by atoms with Crippen LogP contribution in [0.15, 0.2) is 47.1 Å². The molecule has 0 atom stereocenters. The SMILES string of the molecule is CC1=C(C2=CC=CC2)C=CC1. The molecule has 2 aliphatic carbocycles. The molecule has 0 radical (unpaired) electrons. The molecule has 0 heteroatoms. The topological polar surface area (TPSA) is 0 Å². The smallest absolute Gasteiger partial charge is 0.00884 e. The van der Waals surface area contributed by atoms with Gasteiger partial charge in [0.25, 0.3) is 0 Å². The maximum absolute atomic E-state index is 2.24. The molecule has 0 spiro atoms. The van der Waals surface area contributed by atoms with E-state index in [-0.39, 0.29) is 0 Å². The lowest BCUT2D eigenvalue weighted by Gasteiger charge is -2.02. The highest BCUT2D eigenvalue weighted by molar-refractivity contribution is 5.51. The highest BCUT2D eigenvalue weighted by Crippen LogP contribution is 2.29. The van der Waals surface area contributed by atoms with Gasteiger partial charge in [-0.15, -0.1) is 0 Å². The molecule has 0 fully saturated rings. The van der Waals surface area contributed by atoms with Crippen molar-refractivity contribution in [2.45, 2.75) is 19.8 Å². The summed E-state index contributed by atoms with van der Waals surface area (Å²) in [6.07, 6.45) is 13.3. The van der Waals surface area contributed by atoms with Crippen LogP contribution in [0, 0.1) is 0 Å². The summed E-state index contributed by atoms with van der Waals surface area (Å²) in [4.78, 5) is 0. The minimum Gasteiger partial charge on any atom is -0.0801 e. The van der Waals surface area contributed by atoms with Crippen molar-refractivity contribution in [3.63, 3.8) is 0 Å². The highest BCUT2D eigenvalue weighted by Gasteiger charge is 2.09. The second-order valence-electron chi connectivity index (χ2n) is 3.12. The van der Waals surface area contributed by atoms with E-state index in [9.17, 15) is 0 Å². The van der Waals surface area contributed by atoms with E-state index < -0.39 is 0 Å². The normalized spacial score (nSPS) is 21.7. The second-order valence-corrected chi connectivity index (χ2v) is 3.12. The minimum atomic E-state index is 1.12. The molecule has 11 heavy (non-hydrogen) atoms. The van der Waals surface area contributed by atoms with Gasteiger partial charge >= 0.3 is 0 Å². The Kier molecular flexibility index (Phi) is 1.54. The maximum atomic E-state index is 2.24. The van der Waals surface area contributed by atoms with E-state index >= 15 is 0 Å². The molecule has 2 aliphatic rings. The molecule has 0 aromatic carbocycles. The van der Waals surface area contributed by atoms with Gasteiger partial charge in [-0.25, -0.2) is 0 Å². The molecule has 0 N–H and O–H groups in total. The van der Waals surface area contributed by atoms with E-state index in [2.05, 4.69) is 37.3 Å². The average molecular weight is 144 g/mol. The summed E-state index contributed by atoms with van der Waals surface area (Å²) in [7, 11) is 0. The Labute approximate surface area is 67.6 Å². The van der Waals surface area contributed by atoms with Crippen LogP contribution in [0.4, 0.5) is 0 Å². The van der Waals surface area contributed by atoms with E-state index in [1.807, 2.05) is 0 Å². The molecule has 0 amide bonds. The largest absolute Gasteiger partial charge is 0.0801 e. The summed E-state index contributed by atoms with van der Waals surface area (Å²) < 4.78 is 0. The van der Waals surface area contributed by atoms with Crippen LogP contribution in [0.25, 0.3) is 0 Å². The molecule has 0 nitrogen and oxygen atoms in total. The van der Waals surface area contributed by atoms with Crippen LogP contribution in [0.1, 0.15) is 19.8 Å². The van der Waals surface area contributed by atoms with Crippen molar-refractivity contribution in [1.82, 2.24) is 0 Å². The highest BCUT2D eigenvalue weighted by atomic mass is 14.1. The van der Waals surface area contributed by atoms with Gasteiger partial charge in [0.05, 0.1) is 0 Å². The summed E-state index contributed by atoms with van der Waals surface area (Å²) in [5.41, 5.74) is 4.46. The van der Waals surface area contributed by atoms with Crippen LogP contribution >= 0.6 is 0 Å². The lowest BCUT2D eigenvalue weighted by molar-refractivity contribution is 1.19. The van der Waals surface area contributed by atoms with Crippen molar-refractivity contribution >= 4 is 0 Å². The van der Waals surface area contributed by atoms with Gasteiger partial charge in [-0.3, -0.25) is 0 Å². The fraction of sp³-hybridized carbons (Fsp3) is 0.273. The van der Waals surface area contributed by atoms with Crippen molar-refractivity contribution in [2.24, 2.45) is 0 Å². The monoisotopic (exact) mass is 144 g/mol. The van der Waals surface area contributed by atoms with Crippen LogP contribution in [0.5, 0.6) is 0 Å². The van der Waals surface area contributed by atoms with Crippen LogP contribution in [-0.4, -0.2) is 0 Å². The number of hydrogen-bond donors (Lipinski definition) is 0. The molecule has 0 saturated heterocycles. The van der Waals surface area contributed by atoms with E-state index in [1.165, 1.54) is 16.7 Å². The van der Waals surface area contributed by atoms with E-state index in [4.69, 9.17) is 0 Å². The molecule has 0 aromatic rings. The van der Waals surface area contributed by atoms with Crippen molar-refractivity contribution < 1.29 is 0 Å². The Bertz CT molecular complexity index is 285. The van der Waals surface area contributed by atoms with Gasteiger partial charge in [0, 0.05) is 0 Å². The van der Waals surface area contributed by atoms with Crippen LogP contribution in [0.3, 0.4) is 0 Å². The van der Waals surface area contributed by atoms with E-state index in [0.717, 1.165) is 12.8 Å². The Balaban J connectivity index is 2.29. The number of rotatable bonds is 1. The fourth-order valence-electron chi connectivity index (χ4n) is 1.63. The third kappa shape index (κ3) is 1.09. The summed E-state index contributed by atoms with van der Waals surface area (Å²) >= 11 is 0. The third-order valence-corrected chi connectivity index (χ3v) is 2.29. The second kappa shape index (κ2) is 2.54. The van der Waals surface area contributed by atoms with Gasteiger partial charge in [0.15, 0.2) is 0 Å². The zero-order chi connectivity index (χ0) is 7.68. The van der Waals surface area contributed by atoms with Gasteiger partial charge in [-0.05, 0) is 30.9 Å². The predicted octanol–water partition coefficient (Wildman–Crippen LogP) is 3.15. The maximum Gasteiger partial charge on any atom is -0.00884 e. The molecular formula is C11H12. The summed E-state index contributed by atoms with van der Waals surface area (Å²) in [5.74, 6) is 0. The Morgan fingerprint density at radius 3 is 2.64 bits per heavy atom. The van der Waals surface area contributed by atoms with Gasteiger partial charge in [-0.1, -0.05) is 36.0 Å². The van der Waals surface area contributed by atoms with E-state index in [0.29, 0.717) is 0 Å². The van der Waals surface area contributed by atoms with Crippen molar-refractivity contribution in [3.05, 3.63) is 47.1 Å². The molecule has 2 rings (SSSR count). The first-order valence-corrected chi connectivity index (χ1v) is 4.10. The van der Waals surface area contributed by atoms with E-state index in [1.54, 1.807) is 0 Å². The molecule has 0 aromatic heterocycles. The van der Waals surface area contributed by atoms with Crippen molar-refractivity contribution in [2.75, 3.05) is 0 Å².